The smallest absolute Gasteiger partial charge is 0.445 e. The van der Waals surface area contributed by atoms with Crippen molar-refractivity contribution < 1.29 is 125 Å². The second-order valence-corrected chi connectivity index (χ2v) is 10.2. The van der Waals surface area contributed by atoms with Gasteiger partial charge >= 0.3 is 71.4 Å². The highest BCUT2D eigenvalue weighted by Gasteiger charge is 2.99. The number of benzene rings is 1. The Morgan fingerprint density at radius 1 is 0.600 bits per heavy atom. The van der Waals surface area contributed by atoms with Crippen LogP contribution in [0.3, 0.4) is 0 Å². The second-order valence-electron chi connectivity index (χ2n) is 10.2. The van der Waals surface area contributed by atoms with E-state index >= 15 is 17.6 Å². The summed E-state index contributed by atoms with van der Waals surface area (Å²) in [5.41, 5.74) is -11.0. The minimum Gasteiger partial charge on any atom is -0.445 e. The van der Waals surface area contributed by atoms with Gasteiger partial charge < -0.3 is 10.1 Å². The van der Waals surface area contributed by atoms with Gasteiger partial charge in [0.25, 0.3) is 5.91 Å². The van der Waals surface area contributed by atoms with Crippen LogP contribution in [0.5, 0.6) is 0 Å². The first-order chi connectivity index (χ1) is 24.1. The van der Waals surface area contributed by atoms with Crippen LogP contribution in [0.15, 0.2) is 16.1 Å². The SMILES string of the molecule is CC(=O)OCNC(=O)c1cc(N=C=O)c(C)c(N=C=O)c1C(F)(F)C(F)(F)C(F)(F)C(F)(F)C(F)(F)C(F)(F)C(F)(F)C(F)(F)C(F)(F)C(F)(F)C(F)(F)F. The van der Waals surface area contributed by atoms with Gasteiger partial charge in [-0.25, -0.2) is 9.59 Å². The van der Waals surface area contributed by atoms with E-state index < -0.39 is 112 Å². The summed E-state index contributed by atoms with van der Waals surface area (Å²) < 4.78 is 325. The van der Waals surface area contributed by atoms with Crippen LogP contribution >= 0.6 is 0 Å². The van der Waals surface area contributed by atoms with Crippen molar-refractivity contribution in [1.29, 1.82) is 0 Å². The summed E-state index contributed by atoms with van der Waals surface area (Å²) in [5.74, 6) is -95.0. The Labute approximate surface area is 285 Å². The molecule has 1 N–H and O–H groups in total. The minimum atomic E-state index is -9.65. The molecule has 312 valence electrons. The lowest BCUT2D eigenvalue weighted by Gasteiger charge is -2.45. The first-order valence-electron chi connectivity index (χ1n) is 12.7. The van der Waals surface area contributed by atoms with Gasteiger partial charge in [0, 0.05) is 12.5 Å². The molecule has 1 rings (SSSR count). The molecule has 1 aromatic carbocycles. The fourth-order valence-corrected chi connectivity index (χ4v) is 3.81. The Morgan fingerprint density at radius 2 is 0.945 bits per heavy atom. The molecule has 55 heavy (non-hydrogen) atoms. The molecule has 0 atom stereocenters. The van der Waals surface area contributed by atoms with Crippen LogP contribution in [0.2, 0.25) is 0 Å². The Hall–Kier alpha value is -4.69. The number of nitrogens with one attached hydrogen (secondary N) is 1. The summed E-state index contributed by atoms with van der Waals surface area (Å²) in [6, 6.07) is -0.384. The van der Waals surface area contributed by atoms with E-state index in [9.17, 15) is 103 Å². The maximum absolute atomic E-state index is 15.5. The van der Waals surface area contributed by atoms with Crippen molar-refractivity contribution in [2.75, 3.05) is 6.73 Å². The molecule has 0 radical (unpaired) electrons. The molecule has 0 aromatic heterocycles. The topological polar surface area (TPSA) is 114 Å². The van der Waals surface area contributed by atoms with Crippen LogP contribution in [-0.4, -0.2) is 90.2 Å². The number of alkyl halides is 23. The molecule has 31 heteroatoms. The molecule has 0 saturated heterocycles. The molecule has 0 unspecified atom stereocenters. The fourth-order valence-electron chi connectivity index (χ4n) is 3.81. The van der Waals surface area contributed by atoms with E-state index in [0.29, 0.717) is 13.0 Å². The third-order valence-corrected chi connectivity index (χ3v) is 6.82. The number of rotatable bonds is 15. The predicted molar refractivity (Wildman–Crippen MR) is 125 cm³/mol. The van der Waals surface area contributed by atoms with Gasteiger partial charge in [0.05, 0.1) is 22.5 Å². The molecular formula is C24H10F23N3O5. The van der Waals surface area contributed by atoms with Gasteiger partial charge in [0.2, 0.25) is 12.2 Å². The maximum atomic E-state index is 15.5. The largest absolute Gasteiger partial charge is 0.460 e. The number of carbonyl (C=O) groups is 2. The van der Waals surface area contributed by atoms with Gasteiger partial charge in [-0.1, -0.05) is 0 Å². The monoisotopic (exact) mass is 857 g/mol. The van der Waals surface area contributed by atoms with Crippen LogP contribution in [0.25, 0.3) is 0 Å². The number of nitrogens with zero attached hydrogens (tertiary/aromatic N) is 2. The van der Waals surface area contributed by atoms with Crippen molar-refractivity contribution in [2.24, 2.45) is 9.98 Å². The highest BCUT2D eigenvalue weighted by Crippen LogP contribution is 2.68. The molecule has 0 fully saturated rings. The Kier molecular flexibility index (Phi) is 12.4. The summed E-state index contributed by atoms with van der Waals surface area (Å²) in [6.07, 6.45) is -7.40. The summed E-state index contributed by atoms with van der Waals surface area (Å²) in [5, 5.41) is 1.19. The third-order valence-electron chi connectivity index (χ3n) is 6.82. The van der Waals surface area contributed by atoms with Crippen LogP contribution < -0.4 is 5.32 Å². The normalized spacial score (nSPS) is 14.5. The third kappa shape index (κ3) is 6.81. The average molecular weight is 857 g/mol. The summed E-state index contributed by atoms with van der Waals surface area (Å²) in [7, 11) is 0. The molecule has 1 amide bonds. The van der Waals surface area contributed by atoms with Crippen molar-refractivity contribution in [3.63, 3.8) is 0 Å². The second kappa shape index (κ2) is 14.1. The van der Waals surface area contributed by atoms with E-state index in [1.165, 1.54) is 5.32 Å². The average Bonchev–Trinajstić information content (AvgIpc) is 3.01. The number of hydrogen-bond acceptors (Lipinski definition) is 7. The van der Waals surface area contributed by atoms with Gasteiger partial charge in [0.15, 0.2) is 6.73 Å². The van der Waals surface area contributed by atoms with Crippen molar-refractivity contribution in [2.45, 2.75) is 79.2 Å². The zero-order valence-corrected chi connectivity index (χ0v) is 25.4. The molecular weight excluding hydrogens is 847 g/mol. The van der Waals surface area contributed by atoms with Gasteiger partial charge in [0.1, 0.15) is 0 Å². The molecule has 0 aliphatic heterocycles. The zero-order valence-electron chi connectivity index (χ0n) is 25.4. The quantitative estimate of drug-likeness (QED) is 0.0625. The van der Waals surface area contributed by atoms with Gasteiger partial charge in [-0.05, 0) is 13.0 Å². The Morgan fingerprint density at radius 3 is 1.27 bits per heavy atom. The molecule has 1 aromatic rings. The summed E-state index contributed by atoms with van der Waals surface area (Å²) >= 11 is 0. The van der Waals surface area contributed by atoms with Crippen LogP contribution in [0, 0.1) is 6.92 Å². The maximum Gasteiger partial charge on any atom is 0.460 e. The number of amides is 1. The fraction of sp³-hybridized carbons (Fsp3) is 0.583. The first-order valence-corrected chi connectivity index (χ1v) is 12.7. The molecule has 0 saturated carbocycles. The van der Waals surface area contributed by atoms with Crippen molar-refractivity contribution in [3.05, 3.63) is 22.8 Å². The predicted octanol–water partition coefficient (Wildman–Crippen LogP) is 8.55. The number of carbonyl (C=O) groups excluding carboxylic acids is 4. The van der Waals surface area contributed by atoms with E-state index in [1.807, 2.05) is 0 Å². The number of esters is 1. The molecule has 0 aliphatic rings. The molecule has 0 spiro atoms. The lowest BCUT2D eigenvalue weighted by Crippen LogP contribution is -2.77. The van der Waals surface area contributed by atoms with Crippen LogP contribution in [-0.2, 0) is 25.0 Å². The highest BCUT2D eigenvalue weighted by atomic mass is 19.4. The lowest BCUT2D eigenvalue weighted by atomic mass is 9.83. The highest BCUT2D eigenvalue weighted by molar-refractivity contribution is 5.99. The summed E-state index contributed by atoms with van der Waals surface area (Å²) in [6.45, 7) is -0.732. The lowest BCUT2D eigenvalue weighted by molar-refractivity contribution is -0.479. The zero-order chi connectivity index (χ0) is 44.2. The van der Waals surface area contributed by atoms with E-state index in [1.54, 1.807) is 0 Å². The Bertz CT molecular complexity index is 1780. The molecule has 8 nitrogen and oxygen atoms in total. The van der Waals surface area contributed by atoms with Crippen LogP contribution in [0.1, 0.15) is 28.4 Å². The Balaban J connectivity index is 4.28. The first kappa shape index (κ1) is 48.3. The van der Waals surface area contributed by atoms with Gasteiger partial charge in [-0.2, -0.15) is 111 Å². The van der Waals surface area contributed by atoms with E-state index in [0.717, 1.165) is 0 Å². The number of halogens is 23. The number of aliphatic imine (C=N–C) groups is 2. The molecule has 0 heterocycles. The van der Waals surface area contributed by atoms with Crippen LogP contribution in [0.4, 0.5) is 112 Å². The molecule has 0 aliphatic carbocycles. The van der Waals surface area contributed by atoms with Gasteiger partial charge in [-0.3, -0.25) is 9.59 Å². The van der Waals surface area contributed by atoms with E-state index in [-0.39, 0.29) is 19.1 Å². The minimum absolute atomic E-state index is 0.219. The van der Waals surface area contributed by atoms with E-state index in [2.05, 4.69) is 14.7 Å². The number of ether oxygens (including phenoxy) is 1. The number of hydrogen-bond donors (Lipinski definition) is 1. The standard InChI is InChI=1S/C24H10F23N3O5/c1-7-10(48-4-51)3-9(13(54)50-6-55-8(2)53)11(12(7)49-5-52)14(25,26)15(27,28)16(29,30)17(31,32)18(33,34)19(35,36)20(37,38)21(39,40)22(41,42)23(43,44)24(45,46)47/h3H,6H2,1-2H3,(H,50,54). The summed E-state index contributed by atoms with van der Waals surface area (Å²) in [4.78, 5) is 49.9. The molecule has 0 bridgehead atoms. The van der Waals surface area contributed by atoms with Crippen molar-refractivity contribution in [1.82, 2.24) is 5.32 Å². The van der Waals surface area contributed by atoms with Crippen molar-refractivity contribution >= 4 is 35.4 Å². The number of isocyanates is 2. The van der Waals surface area contributed by atoms with Crippen molar-refractivity contribution in [3.8, 4) is 0 Å². The van der Waals surface area contributed by atoms with E-state index in [4.69, 9.17) is 0 Å². The van der Waals surface area contributed by atoms with Gasteiger partial charge in [-0.15, -0.1) is 0 Å².